The Morgan fingerprint density at radius 3 is 2.24 bits per heavy atom. The molecule has 5 heteroatoms. The Labute approximate surface area is 124 Å². The minimum absolute atomic E-state index is 0.140. The molecule has 0 aromatic heterocycles. The lowest BCUT2D eigenvalue weighted by atomic mass is 10.1. The van der Waals surface area contributed by atoms with Crippen molar-refractivity contribution in [2.24, 2.45) is 5.92 Å². The van der Waals surface area contributed by atoms with Crippen LogP contribution in [0.15, 0.2) is 12.1 Å². The minimum atomic E-state index is -0.448. The van der Waals surface area contributed by atoms with Gasteiger partial charge in [-0.2, -0.15) is 0 Å². The van der Waals surface area contributed by atoms with Gasteiger partial charge in [0.15, 0.2) is 0 Å². The summed E-state index contributed by atoms with van der Waals surface area (Å²) in [5.74, 6) is -0.0300. The van der Waals surface area contributed by atoms with Crippen LogP contribution < -0.4 is 10.2 Å². The molecule has 1 saturated heterocycles. The van der Waals surface area contributed by atoms with Crippen molar-refractivity contribution in [2.45, 2.75) is 19.4 Å². The van der Waals surface area contributed by atoms with Crippen LogP contribution >= 0.6 is 0 Å². The van der Waals surface area contributed by atoms with Crippen LogP contribution in [0.25, 0.3) is 0 Å². The van der Waals surface area contributed by atoms with Crippen LogP contribution in [0.1, 0.15) is 18.4 Å². The highest BCUT2D eigenvalue weighted by molar-refractivity contribution is 5.51. The van der Waals surface area contributed by atoms with Crippen molar-refractivity contribution in [1.29, 1.82) is 0 Å². The van der Waals surface area contributed by atoms with Crippen molar-refractivity contribution in [3.05, 3.63) is 29.3 Å². The number of hydrogen-bond acceptors (Lipinski definition) is 3. The Balaban J connectivity index is 1.66. The molecule has 1 aromatic rings. The second kappa shape index (κ2) is 6.28. The zero-order chi connectivity index (χ0) is 14.8. The zero-order valence-electron chi connectivity index (χ0n) is 12.5. The fourth-order valence-electron chi connectivity index (χ4n) is 3.05. The molecule has 1 aromatic carbocycles. The van der Waals surface area contributed by atoms with E-state index in [4.69, 9.17) is 0 Å². The fourth-order valence-corrected chi connectivity index (χ4v) is 3.05. The molecule has 1 aliphatic heterocycles. The third-order valence-corrected chi connectivity index (χ3v) is 4.36. The predicted octanol–water partition coefficient (Wildman–Crippen LogP) is 2.22. The second-order valence-electron chi connectivity index (χ2n) is 6.17. The first-order valence-electron chi connectivity index (χ1n) is 7.77. The lowest BCUT2D eigenvalue weighted by Crippen LogP contribution is -2.47. The third kappa shape index (κ3) is 3.52. The molecule has 1 heterocycles. The van der Waals surface area contributed by atoms with E-state index in [1.807, 2.05) is 4.90 Å². The standard InChI is InChI=1S/C16H23F2N3/c1-19-10-13-8-14(17)16(15(18)9-13)21-6-4-20(5-7-21)11-12-2-3-12/h8-9,12,19H,2-7,10-11H2,1H3. The lowest BCUT2D eigenvalue weighted by Gasteiger charge is -2.36. The molecule has 3 nitrogen and oxygen atoms in total. The lowest BCUT2D eigenvalue weighted by molar-refractivity contribution is 0.247. The molecule has 1 N–H and O–H groups in total. The van der Waals surface area contributed by atoms with Crippen molar-refractivity contribution in [2.75, 3.05) is 44.7 Å². The molecule has 2 fully saturated rings. The number of halogens is 2. The number of hydrogen-bond donors (Lipinski definition) is 1. The SMILES string of the molecule is CNCc1cc(F)c(N2CCN(CC3CC3)CC2)c(F)c1. The van der Waals surface area contributed by atoms with E-state index in [1.54, 1.807) is 7.05 Å². The highest BCUT2D eigenvalue weighted by Crippen LogP contribution is 2.31. The molecular weight excluding hydrogens is 272 g/mol. The molecule has 1 saturated carbocycles. The molecule has 0 atom stereocenters. The van der Waals surface area contributed by atoms with Crippen LogP contribution in [0.2, 0.25) is 0 Å². The number of benzene rings is 1. The average Bonchev–Trinajstić information content (AvgIpc) is 3.24. The van der Waals surface area contributed by atoms with Crippen molar-refractivity contribution in [1.82, 2.24) is 10.2 Å². The fraction of sp³-hybridized carbons (Fsp3) is 0.625. The van der Waals surface area contributed by atoms with E-state index in [0.29, 0.717) is 25.2 Å². The summed E-state index contributed by atoms with van der Waals surface area (Å²) in [6, 6.07) is 2.87. The van der Waals surface area contributed by atoms with Gasteiger partial charge in [-0.1, -0.05) is 0 Å². The van der Waals surface area contributed by atoms with Gasteiger partial charge in [0, 0.05) is 39.3 Å². The maximum Gasteiger partial charge on any atom is 0.149 e. The molecule has 2 aliphatic rings. The van der Waals surface area contributed by atoms with Gasteiger partial charge < -0.3 is 10.2 Å². The molecule has 1 aliphatic carbocycles. The van der Waals surface area contributed by atoms with E-state index < -0.39 is 11.6 Å². The van der Waals surface area contributed by atoms with Gasteiger partial charge in [0.2, 0.25) is 0 Å². The predicted molar refractivity (Wildman–Crippen MR) is 80.5 cm³/mol. The highest BCUT2D eigenvalue weighted by atomic mass is 19.1. The van der Waals surface area contributed by atoms with Crippen LogP contribution in [0.4, 0.5) is 14.5 Å². The summed E-state index contributed by atoms with van der Waals surface area (Å²) in [7, 11) is 1.77. The van der Waals surface area contributed by atoms with E-state index in [1.165, 1.54) is 25.0 Å². The van der Waals surface area contributed by atoms with Crippen LogP contribution in [-0.4, -0.2) is 44.7 Å². The van der Waals surface area contributed by atoms with Gasteiger partial charge in [-0.25, -0.2) is 8.78 Å². The summed E-state index contributed by atoms with van der Waals surface area (Å²) in [6.07, 6.45) is 2.69. The Bertz CT molecular complexity index is 471. The van der Waals surface area contributed by atoms with Crippen molar-refractivity contribution >= 4 is 5.69 Å². The van der Waals surface area contributed by atoms with Gasteiger partial charge in [-0.15, -0.1) is 0 Å². The van der Waals surface area contributed by atoms with Crippen LogP contribution in [0.3, 0.4) is 0 Å². The smallest absolute Gasteiger partial charge is 0.149 e. The Hall–Kier alpha value is -1.20. The van der Waals surface area contributed by atoms with E-state index in [0.717, 1.165) is 25.6 Å². The summed E-state index contributed by atoms with van der Waals surface area (Å²) in [5, 5.41) is 2.91. The van der Waals surface area contributed by atoms with Crippen molar-refractivity contribution in [3.8, 4) is 0 Å². The zero-order valence-corrected chi connectivity index (χ0v) is 12.5. The van der Waals surface area contributed by atoms with Crippen molar-refractivity contribution < 1.29 is 8.78 Å². The van der Waals surface area contributed by atoms with E-state index >= 15 is 0 Å². The number of piperazine rings is 1. The summed E-state index contributed by atoms with van der Waals surface area (Å²) in [5.41, 5.74) is 0.782. The second-order valence-corrected chi connectivity index (χ2v) is 6.17. The van der Waals surface area contributed by atoms with E-state index in [2.05, 4.69) is 10.2 Å². The van der Waals surface area contributed by atoms with Crippen LogP contribution in [0, 0.1) is 17.6 Å². The largest absolute Gasteiger partial charge is 0.364 e. The quantitative estimate of drug-likeness (QED) is 0.898. The topological polar surface area (TPSA) is 18.5 Å². The summed E-state index contributed by atoms with van der Waals surface area (Å²) in [6.45, 7) is 4.82. The molecule has 21 heavy (non-hydrogen) atoms. The van der Waals surface area contributed by atoms with Crippen LogP contribution in [-0.2, 0) is 6.54 Å². The Kier molecular flexibility index (Phi) is 4.40. The first-order valence-corrected chi connectivity index (χ1v) is 7.77. The summed E-state index contributed by atoms with van der Waals surface area (Å²) in [4.78, 5) is 4.26. The maximum atomic E-state index is 14.2. The molecular formula is C16H23F2N3. The molecule has 0 unspecified atom stereocenters. The summed E-state index contributed by atoms with van der Waals surface area (Å²) < 4.78 is 28.4. The first-order chi connectivity index (χ1) is 10.2. The molecule has 0 spiro atoms. The van der Waals surface area contributed by atoms with Gasteiger partial charge in [-0.05, 0) is 43.5 Å². The van der Waals surface area contributed by atoms with Gasteiger partial charge >= 0.3 is 0 Å². The maximum absolute atomic E-state index is 14.2. The Morgan fingerprint density at radius 1 is 1.10 bits per heavy atom. The minimum Gasteiger partial charge on any atom is -0.364 e. The monoisotopic (exact) mass is 295 g/mol. The molecule has 0 bridgehead atoms. The van der Waals surface area contributed by atoms with E-state index in [9.17, 15) is 8.78 Å². The third-order valence-electron chi connectivity index (χ3n) is 4.36. The number of nitrogens with zero attached hydrogens (tertiary/aromatic N) is 2. The summed E-state index contributed by atoms with van der Waals surface area (Å²) >= 11 is 0. The highest BCUT2D eigenvalue weighted by Gasteiger charge is 2.28. The van der Waals surface area contributed by atoms with Gasteiger partial charge in [0.25, 0.3) is 0 Å². The molecule has 0 radical (unpaired) electrons. The first kappa shape index (κ1) is 14.7. The van der Waals surface area contributed by atoms with E-state index in [-0.39, 0.29) is 5.69 Å². The molecule has 3 rings (SSSR count). The number of nitrogens with one attached hydrogen (secondary N) is 1. The van der Waals surface area contributed by atoms with Gasteiger partial charge in [-0.3, -0.25) is 4.90 Å². The average molecular weight is 295 g/mol. The van der Waals surface area contributed by atoms with Gasteiger partial charge in [0.1, 0.15) is 17.3 Å². The number of anilines is 1. The number of rotatable bonds is 5. The normalized spacial score (nSPS) is 20.0. The van der Waals surface area contributed by atoms with Crippen LogP contribution in [0.5, 0.6) is 0 Å². The molecule has 0 amide bonds. The van der Waals surface area contributed by atoms with Crippen molar-refractivity contribution in [3.63, 3.8) is 0 Å². The van der Waals surface area contributed by atoms with Gasteiger partial charge in [0.05, 0.1) is 0 Å². The molecule has 116 valence electrons. The Morgan fingerprint density at radius 2 is 1.71 bits per heavy atom.